The summed E-state index contributed by atoms with van der Waals surface area (Å²) in [4.78, 5) is 0.263. The molecule has 2 N–H and O–H groups in total. The molecule has 21 heavy (non-hydrogen) atoms. The van der Waals surface area contributed by atoms with E-state index in [0.29, 0.717) is 6.54 Å². The summed E-state index contributed by atoms with van der Waals surface area (Å²) in [6, 6.07) is 0. The van der Waals surface area contributed by atoms with E-state index >= 15 is 0 Å². The molecule has 7 heteroatoms. The van der Waals surface area contributed by atoms with E-state index in [1.54, 1.807) is 10.9 Å². The van der Waals surface area contributed by atoms with Crippen molar-refractivity contribution >= 4 is 10.0 Å². The third kappa shape index (κ3) is 4.52. The van der Waals surface area contributed by atoms with Gasteiger partial charge in [-0.25, -0.2) is 13.1 Å². The van der Waals surface area contributed by atoms with E-state index in [2.05, 4.69) is 22.1 Å². The topological polar surface area (TPSA) is 76.0 Å². The fourth-order valence-corrected chi connectivity index (χ4v) is 3.69. The zero-order chi connectivity index (χ0) is 15.3. The minimum atomic E-state index is -3.43. The van der Waals surface area contributed by atoms with Crippen LogP contribution in [0.4, 0.5) is 0 Å². The van der Waals surface area contributed by atoms with Gasteiger partial charge in [0.1, 0.15) is 4.90 Å². The van der Waals surface area contributed by atoms with Crippen LogP contribution in [0, 0.1) is 5.41 Å². The third-order valence-electron chi connectivity index (χ3n) is 4.11. The lowest BCUT2D eigenvalue weighted by molar-refractivity contribution is 0.449. The van der Waals surface area contributed by atoms with Crippen molar-refractivity contribution in [2.24, 2.45) is 5.41 Å². The second-order valence-electron chi connectivity index (χ2n) is 5.97. The first-order valence-electron chi connectivity index (χ1n) is 7.68. The summed E-state index contributed by atoms with van der Waals surface area (Å²) in [5, 5.41) is 7.18. The first-order valence-corrected chi connectivity index (χ1v) is 9.16. The number of hydrogen-bond donors (Lipinski definition) is 2. The molecule has 0 saturated heterocycles. The molecule has 1 aliphatic carbocycles. The van der Waals surface area contributed by atoms with Crippen molar-refractivity contribution in [1.82, 2.24) is 19.8 Å². The predicted molar refractivity (Wildman–Crippen MR) is 82.5 cm³/mol. The van der Waals surface area contributed by atoms with Crippen LogP contribution in [-0.4, -0.2) is 38.3 Å². The van der Waals surface area contributed by atoms with Crippen LogP contribution in [0.25, 0.3) is 0 Å². The molecule has 0 spiro atoms. The fraction of sp³-hybridized carbons (Fsp3) is 0.786. The third-order valence-corrected chi connectivity index (χ3v) is 5.46. The van der Waals surface area contributed by atoms with Crippen molar-refractivity contribution in [1.29, 1.82) is 0 Å². The van der Waals surface area contributed by atoms with Crippen LogP contribution in [0.2, 0.25) is 0 Å². The zero-order valence-corrected chi connectivity index (χ0v) is 13.7. The molecule has 1 heterocycles. The van der Waals surface area contributed by atoms with Gasteiger partial charge in [0.25, 0.3) is 0 Å². The SMILES string of the molecule is CCCC1(CNS(=O)(=O)c2cnn(CCCNC)c2)CC1. The molecule has 0 bridgehead atoms. The van der Waals surface area contributed by atoms with Crippen LogP contribution >= 0.6 is 0 Å². The molecule has 1 aromatic rings. The lowest BCUT2D eigenvalue weighted by Gasteiger charge is -2.14. The Morgan fingerprint density at radius 3 is 2.81 bits per heavy atom. The molecular formula is C14H26N4O2S. The summed E-state index contributed by atoms with van der Waals surface area (Å²) in [7, 11) is -1.53. The fourth-order valence-electron chi connectivity index (χ4n) is 2.58. The van der Waals surface area contributed by atoms with Crippen LogP contribution in [-0.2, 0) is 16.6 Å². The molecule has 6 nitrogen and oxygen atoms in total. The van der Waals surface area contributed by atoms with E-state index in [1.807, 2.05) is 7.05 Å². The van der Waals surface area contributed by atoms with Gasteiger partial charge < -0.3 is 5.32 Å². The second-order valence-corrected chi connectivity index (χ2v) is 7.74. The van der Waals surface area contributed by atoms with E-state index in [4.69, 9.17) is 0 Å². The number of sulfonamides is 1. The first kappa shape index (κ1) is 16.5. The Morgan fingerprint density at radius 2 is 2.19 bits per heavy atom. The highest BCUT2D eigenvalue weighted by molar-refractivity contribution is 7.89. The first-order chi connectivity index (χ1) is 10.0. The van der Waals surface area contributed by atoms with Gasteiger partial charge in [0.05, 0.1) is 6.20 Å². The van der Waals surface area contributed by atoms with E-state index in [0.717, 1.165) is 45.2 Å². The van der Waals surface area contributed by atoms with Gasteiger partial charge in [-0.3, -0.25) is 4.68 Å². The second kappa shape index (κ2) is 6.89. The van der Waals surface area contributed by atoms with Gasteiger partial charge in [-0.1, -0.05) is 13.3 Å². The molecule has 0 atom stereocenters. The summed E-state index contributed by atoms with van der Waals surface area (Å²) >= 11 is 0. The van der Waals surface area contributed by atoms with Crippen LogP contribution in [0.1, 0.15) is 39.0 Å². The van der Waals surface area contributed by atoms with E-state index in [-0.39, 0.29) is 10.3 Å². The Bertz CT molecular complexity index is 549. The predicted octanol–water partition coefficient (Wildman–Crippen LogP) is 1.35. The van der Waals surface area contributed by atoms with Crippen LogP contribution in [0.3, 0.4) is 0 Å². The van der Waals surface area contributed by atoms with E-state index in [1.165, 1.54) is 6.20 Å². The molecule has 1 saturated carbocycles. The lowest BCUT2D eigenvalue weighted by Crippen LogP contribution is -2.30. The van der Waals surface area contributed by atoms with Gasteiger partial charge in [-0.2, -0.15) is 5.10 Å². The van der Waals surface area contributed by atoms with Gasteiger partial charge in [0.2, 0.25) is 10.0 Å². The van der Waals surface area contributed by atoms with E-state index in [9.17, 15) is 8.42 Å². The summed E-state index contributed by atoms with van der Waals surface area (Å²) in [5.41, 5.74) is 0.213. The molecular weight excluding hydrogens is 288 g/mol. The Hall–Kier alpha value is -0.920. The maximum atomic E-state index is 12.3. The van der Waals surface area contributed by atoms with E-state index < -0.39 is 10.0 Å². The maximum absolute atomic E-state index is 12.3. The van der Waals surface area contributed by atoms with Crippen LogP contribution in [0.5, 0.6) is 0 Å². The average molecular weight is 314 g/mol. The largest absolute Gasteiger partial charge is 0.320 e. The highest BCUT2D eigenvalue weighted by atomic mass is 32.2. The number of nitrogens with zero attached hydrogens (tertiary/aromatic N) is 2. The molecule has 0 amide bonds. The minimum absolute atomic E-state index is 0.213. The van der Waals surface area contributed by atoms with Gasteiger partial charge in [-0.05, 0) is 44.7 Å². The molecule has 0 radical (unpaired) electrons. The Balaban J connectivity index is 1.90. The van der Waals surface area contributed by atoms with Crippen molar-refractivity contribution in [3.63, 3.8) is 0 Å². The molecule has 0 unspecified atom stereocenters. The maximum Gasteiger partial charge on any atom is 0.243 e. The standard InChI is InChI=1S/C14H26N4O2S/c1-3-5-14(6-7-14)12-17-21(19,20)13-10-16-18(11-13)9-4-8-15-2/h10-11,15,17H,3-9,12H2,1-2H3. The molecule has 0 aromatic carbocycles. The molecule has 1 aliphatic rings. The molecule has 120 valence electrons. The average Bonchev–Trinajstić information content (AvgIpc) is 3.04. The Morgan fingerprint density at radius 1 is 1.43 bits per heavy atom. The quantitative estimate of drug-likeness (QED) is 0.639. The molecule has 1 fully saturated rings. The Labute approximate surface area is 127 Å². The van der Waals surface area contributed by atoms with Crippen molar-refractivity contribution in [2.75, 3.05) is 20.1 Å². The number of hydrogen-bond acceptors (Lipinski definition) is 4. The number of aromatic nitrogens is 2. The lowest BCUT2D eigenvalue weighted by atomic mass is 10.0. The number of aryl methyl sites for hydroxylation is 1. The molecule has 1 aromatic heterocycles. The minimum Gasteiger partial charge on any atom is -0.320 e. The van der Waals surface area contributed by atoms with Crippen molar-refractivity contribution in [3.05, 3.63) is 12.4 Å². The van der Waals surface area contributed by atoms with Gasteiger partial charge in [-0.15, -0.1) is 0 Å². The van der Waals surface area contributed by atoms with Gasteiger partial charge >= 0.3 is 0 Å². The summed E-state index contributed by atoms with van der Waals surface area (Å²) in [6.45, 7) is 4.30. The van der Waals surface area contributed by atoms with Crippen molar-refractivity contribution < 1.29 is 8.42 Å². The van der Waals surface area contributed by atoms with Crippen molar-refractivity contribution in [2.45, 2.75) is 50.5 Å². The normalized spacial score (nSPS) is 17.0. The Kier molecular flexibility index (Phi) is 5.40. The smallest absolute Gasteiger partial charge is 0.243 e. The monoisotopic (exact) mass is 314 g/mol. The zero-order valence-electron chi connectivity index (χ0n) is 12.9. The summed E-state index contributed by atoms with van der Waals surface area (Å²) < 4.78 is 29.0. The van der Waals surface area contributed by atoms with Crippen LogP contribution in [0.15, 0.2) is 17.3 Å². The molecule has 0 aliphatic heterocycles. The number of nitrogens with one attached hydrogen (secondary N) is 2. The van der Waals surface area contributed by atoms with Gasteiger partial charge in [0.15, 0.2) is 0 Å². The van der Waals surface area contributed by atoms with Crippen molar-refractivity contribution in [3.8, 4) is 0 Å². The van der Waals surface area contributed by atoms with Crippen LogP contribution < -0.4 is 10.0 Å². The summed E-state index contributed by atoms with van der Waals surface area (Å²) in [5.74, 6) is 0. The molecule has 2 rings (SSSR count). The van der Waals surface area contributed by atoms with Gasteiger partial charge in [0, 0.05) is 19.3 Å². The number of rotatable bonds is 10. The highest BCUT2D eigenvalue weighted by Gasteiger charge is 2.42. The highest BCUT2D eigenvalue weighted by Crippen LogP contribution is 2.49. The summed E-state index contributed by atoms with van der Waals surface area (Å²) in [6.07, 6.45) is 8.42.